The van der Waals surface area contributed by atoms with Crippen molar-refractivity contribution in [2.45, 2.75) is 69.5 Å². The number of carboxylic acids is 1. The van der Waals surface area contributed by atoms with Gasteiger partial charge in [0.05, 0.1) is 24.7 Å². The summed E-state index contributed by atoms with van der Waals surface area (Å²) in [4.78, 5) is 70.3. The Bertz CT molecular complexity index is 727. The second-order valence-corrected chi connectivity index (χ2v) is 7.14. The molecule has 0 fully saturated rings. The molecule has 0 saturated carbocycles. The Kier molecular flexibility index (Phi) is 11.8. The van der Waals surface area contributed by atoms with Gasteiger partial charge in [0, 0.05) is 6.42 Å². The highest BCUT2D eigenvalue weighted by Crippen LogP contribution is 2.04. The highest BCUT2D eigenvalue weighted by Gasteiger charge is 2.33. The molecule has 6 atom stereocenters. The normalized spacial score (nSPS) is 16.4. The summed E-state index contributed by atoms with van der Waals surface area (Å²) in [5.41, 5.74) is 15.5. The van der Waals surface area contributed by atoms with E-state index >= 15 is 0 Å². The zero-order chi connectivity index (χ0) is 25.2. The first-order chi connectivity index (χ1) is 14.7. The van der Waals surface area contributed by atoms with Crippen LogP contribution in [0.25, 0.3) is 0 Å². The quantitative estimate of drug-likeness (QED) is 0.118. The third-order valence-corrected chi connectivity index (χ3v) is 4.18. The molecule has 0 aromatic heterocycles. The Morgan fingerprint density at radius 2 is 1.28 bits per heavy atom. The lowest BCUT2D eigenvalue weighted by molar-refractivity contribution is -0.145. The number of rotatable bonds is 14. The minimum Gasteiger partial charge on any atom is -0.480 e. The molecule has 0 bridgehead atoms. The van der Waals surface area contributed by atoms with Gasteiger partial charge in [-0.25, -0.2) is 4.79 Å². The van der Waals surface area contributed by atoms with Crippen molar-refractivity contribution in [3.63, 3.8) is 0 Å². The maximum Gasteiger partial charge on any atom is 0.328 e. The average molecular weight is 462 g/mol. The Morgan fingerprint density at radius 3 is 1.69 bits per heavy atom. The second kappa shape index (κ2) is 13.2. The lowest BCUT2D eigenvalue weighted by Crippen LogP contribution is -2.60. The maximum atomic E-state index is 12.6. The van der Waals surface area contributed by atoms with Gasteiger partial charge in [0.2, 0.25) is 29.5 Å². The Balaban J connectivity index is 5.50. The van der Waals surface area contributed by atoms with Crippen LogP contribution < -0.4 is 33.2 Å². The van der Waals surface area contributed by atoms with Crippen molar-refractivity contribution in [1.29, 1.82) is 0 Å². The van der Waals surface area contributed by atoms with Crippen LogP contribution in [0.15, 0.2) is 0 Å². The van der Waals surface area contributed by atoms with E-state index in [-0.39, 0.29) is 12.8 Å². The molecule has 0 aromatic carbocycles. The standard InChI is InChI=1S/C17H30N6O9/c1-6(24)12(22-14(28)8(18)5-11(20)27)16(30)21-9(3-4-10(19)26)15(29)23-13(7(2)25)17(31)32/h6-9,12-13,24-25H,3-5,18H2,1-2H3,(H2,19,26)(H2,20,27)(H,21,30)(H,22,28)(H,23,29)(H,31,32). The van der Waals surface area contributed by atoms with Crippen molar-refractivity contribution in [3.8, 4) is 0 Å². The van der Waals surface area contributed by atoms with Gasteiger partial charge in [-0.05, 0) is 20.3 Å². The van der Waals surface area contributed by atoms with Crippen LogP contribution in [0.4, 0.5) is 0 Å². The van der Waals surface area contributed by atoms with E-state index in [9.17, 15) is 39.0 Å². The molecule has 0 aromatic rings. The smallest absolute Gasteiger partial charge is 0.328 e. The largest absolute Gasteiger partial charge is 0.480 e. The molecule has 6 unspecified atom stereocenters. The molecule has 15 heteroatoms. The average Bonchev–Trinajstić information content (AvgIpc) is 2.65. The van der Waals surface area contributed by atoms with Crippen molar-refractivity contribution in [2.24, 2.45) is 17.2 Å². The van der Waals surface area contributed by atoms with Crippen molar-refractivity contribution in [2.75, 3.05) is 0 Å². The van der Waals surface area contributed by atoms with Crippen LogP contribution in [-0.4, -0.2) is 87.2 Å². The fraction of sp³-hybridized carbons (Fsp3) is 0.647. The van der Waals surface area contributed by atoms with E-state index in [1.807, 2.05) is 5.32 Å². The number of aliphatic carboxylic acids is 1. The number of aliphatic hydroxyl groups excluding tert-OH is 2. The van der Waals surface area contributed by atoms with Crippen molar-refractivity contribution in [1.82, 2.24) is 16.0 Å². The number of aliphatic hydroxyl groups is 2. The number of nitrogens with two attached hydrogens (primary N) is 3. The highest BCUT2D eigenvalue weighted by atomic mass is 16.4. The summed E-state index contributed by atoms with van der Waals surface area (Å²) >= 11 is 0. The van der Waals surface area contributed by atoms with Crippen LogP contribution >= 0.6 is 0 Å². The monoisotopic (exact) mass is 462 g/mol. The summed E-state index contributed by atoms with van der Waals surface area (Å²) in [5, 5.41) is 34.8. The van der Waals surface area contributed by atoms with Gasteiger partial charge < -0.3 is 48.5 Å². The lowest BCUT2D eigenvalue weighted by Gasteiger charge is -2.26. The summed E-state index contributed by atoms with van der Waals surface area (Å²) in [6.45, 7) is 2.26. The number of hydrogen-bond donors (Lipinski definition) is 9. The topological polar surface area (TPSA) is 277 Å². The number of carbonyl (C=O) groups is 6. The summed E-state index contributed by atoms with van der Waals surface area (Å²) < 4.78 is 0. The van der Waals surface area contributed by atoms with Crippen molar-refractivity contribution in [3.05, 3.63) is 0 Å². The van der Waals surface area contributed by atoms with Gasteiger partial charge in [0.25, 0.3) is 0 Å². The third-order valence-electron chi connectivity index (χ3n) is 4.18. The van der Waals surface area contributed by atoms with E-state index in [0.717, 1.165) is 13.8 Å². The number of hydrogen-bond acceptors (Lipinski definition) is 9. The van der Waals surface area contributed by atoms with Gasteiger partial charge in [0.1, 0.15) is 12.1 Å². The molecule has 32 heavy (non-hydrogen) atoms. The van der Waals surface area contributed by atoms with Gasteiger partial charge in [0.15, 0.2) is 6.04 Å². The van der Waals surface area contributed by atoms with E-state index in [1.54, 1.807) is 0 Å². The summed E-state index contributed by atoms with van der Waals surface area (Å²) in [7, 11) is 0. The fourth-order valence-corrected chi connectivity index (χ4v) is 2.43. The molecule has 0 saturated heterocycles. The van der Waals surface area contributed by atoms with E-state index in [1.165, 1.54) is 0 Å². The zero-order valence-corrected chi connectivity index (χ0v) is 17.6. The number of primary amides is 2. The Morgan fingerprint density at radius 1 is 0.781 bits per heavy atom. The van der Waals surface area contributed by atoms with E-state index in [0.29, 0.717) is 0 Å². The third kappa shape index (κ3) is 10.1. The second-order valence-electron chi connectivity index (χ2n) is 7.14. The first-order valence-electron chi connectivity index (χ1n) is 9.49. The molecule has 182 valence electrons. The molecule has 0 radical (unpaired) electrons. The molecule has 0 aliphatic carbocycles. The van der Waals surface area contributed by atoms with Crippen LogP contribution in [0, 0.1) is 0 Å². The summed E-state index contributed by atoms with van der Waals surface area (Å²) in [5.74, 6) is -6.36. The SMILES string of the molecule is CC(O)C(NC(=O)C(CCC(N)=O)NC(=O)C(NC(=O)C(N)CC(N)=O)C(C)O)C(=O)O. The molecule has 0 heterocycles. The molecule has 15 nitrogen and oxygen atoms in total. The minimum absolute atomic E-state index is 0.347. The van der Waals surface area contributed by atoms with Crippen LogP contribution in [0.2, 0.25) is 0 Å². The van der Waals surface area contributed by atoms with Crippen LogP contribution in [0.3, 0.4) is 0 Å². The number of nitrogens with one attached hydrogen (secondary N) is 3. The van der Waals surface area contributed by atoms with Gasteiger partial charge >= 0.3 is 5.97 Å². The molecule has 0 rings (SSSR count). The van der Waals surface area contributed by atoms with E-state index < -0.39 is 78.3 Å². The van der Waals surface area contributed by atoms with Crippen molar-refractivity contribution < 1.29 is 44.1 Å². The van der Waals surface area contributed by atoms with Gasteiger partial charge in [-0.3, -0.25) is 24.0 Å². The highest BCUT2D eigenvalue weighted by molar-refractivity contribution is 5.95. The Labute approximate surface area is 183 Å². The minimum atomic E-state index is -1.71. The van der Waals surface area contributed by atoms with E-state index in [2.05, 4.69) is 10.6 Å². The van der Waals surface area contributed by atoms with Crippen LogP contribution in [-0.2, 0) is 28.8 Å². The van der Waals surface area contributed by atoms with E-state index in [4.69, 9.17) is 22.3 Å². The first-order valence-corrected chi connectivity index (χ1v) is 9.49. The molecule has 0 spiro atoms. The lowest BCUT2D eigenvalue weighted by atomic mass is 10.1. The predicted molar refractivity (Wildman–Crippen MR) is 107 cm³/mol. The molecule has 0 aliphatic heterocycles. The zero-order valence-electron chi connectivity index (χ0n) is 17.6. The van der Waals surface area contributed by atoms with Crippen LogP contribution in [0.1, 0.15) is 33.1 Å². The number of carboxylic acid groups (broad SMARTS) is 1. The number of carbonyl (C=O) groups excluding carboxylic acids is 5. The van der Waals surface area contributed by atoms with Gasteiger partial charge in [-0.1, -0.05) is 0 Å². The first kappa shape index (κ1) is 28.7. The van der Waals surface area contributed by atoms with Gasteiger partial charge in [-0.15, -0.1) is 0 Å². The number of amides is 5. The summed E-state index contributed by atoms with van der Waals surface area (Å²) in [6.07, 6.45) is -4.22. The molecular formula is C17H30N6O9. The predicted octanol–water partition coefficient (Wildman–Crippen LogP) is -5.24. The van der Waals surface area contributed by atoms with Crippen molar-refractivity contribution >= 4 is 35.5 Å². The summed E-state index contributed by atoms with van der Waals surface area (Å²) in [6, 6.07) is -6.25. The molecule has 5 amide bonds. The Hall–Kier alpha value is -3.30. The maximum absolute atomic E-state index is 12.6. The molecule has 12 N–H and O–H groups in total. The molecule has 0 aliphatic rings. The van der Waals surface area contributed by atoms with Crippen LogP contribution in [0.5, 0.6) is 0 Å². The molecular weight excluding hydrogens is 432 g/mol. The fourth-order valence-electron chi connectivity index (χ4n) is 2.43. The van der Waals surface area contributed by atoms with Gasteiger partial charge in [-0.2, -0.15) is 0 Å².